The number of amides is 2. The van der Waals surface area contributed by atoms with Crippen LogP contribution in [0.2, 0.25) is 0 Å². The number of carbonyl (C=O) groups excluding carboxylic acids is 2. The van der Waals surface area contributed by atoms with Crippen LogP contribution in [0.3, 0.4) is 0 Å². The van der Waals surface area contributed by atoms with Crippen LogP contribution in [0, 0.1) is 5.92 Å². The van der Waals surface area contributed by atoms with Crippen molar-refractivity contribution in [2.45, 2.75) is 63.5 Å². The highest BCUT2D eigenvalue weighted by atomic mass is 16.2. The van der Waals surface area contributed by atoms with E-state index in [0.717, 1.165) is 70.3 Å². The van der Waals surface area contributed by atoms with E-state index in [2.05, 4.69) is 20.8 Å². The van der Waals surface area contributed by atoms with Crippen molar-refractivity contribution in [2.75, 3.05) is 19.6 Å². The Morgan fingerprint density at radius 2 is 1.96 bits per heavy atom. The summed E-state index contributed by atoms with van der Waals surface area (Å²) in [5.41, 5.74) is 1.43. The minimum Gasteiger partial charge on any atom is -0.348 e. The third-order valence-corrected chi connectivity index (χ3v) is 6.05. The Morgan fingerprint density at radius 1 is 1.12 bits per heavy atom. The van der Waals surface area contributed by atoms with Crippen LogP contribution in [0.15, 0.2) is 6.07 Å². The lowest BCUT2D eigenvalue weighted by molar-refractivity contribution is -0.136. The van der Waals surface area contributed by atoms with Gasteiger partial charge in [-0.25, -0.2) is 0 Å². The van der Waals surface area contributed by atoms with Crippen molar-refractivity contribution in [2.24, 2.45) is 5.92 Å². The molecule has 0 radical (unpaired) electrons. The van der Waals surface area contributed by atoms with Gasteiger partial charge in [-0.2, -0.15) is 5.10 Å². The smallest absolute Gasteiger partial charge is 0.271 e. The maximum absolute atomic E-state index is 12.6. The Labute approximate surface area is 154 Å². The normalized spacial score (nSPS) is 29.1. The molecule has 0 bridgehead atoms. The highest BCUT2D eigenvalue weighted by molar-refractivity contribution is 5.92. The van der Waals surface area contributed by atoms with Crippen molar-refractivity contribution in [1.29, 1.82) is 0 Å². The number of rotatable bonds is 4. The van der Waals surface area contributed by atoms with E-state index in [9.17, 15) is 9.59 Å². The van der Waals surface area contributed by atoms with Gasteiger partial charge >= 0.3 is 0 Å². The van der Waals surface area contributed by atoms with Crippen LogP contribution >= 0.6 is 0 Å². The standard InChI is InChI=1S/C19H29N5O2/c25-18(17-12-16(22-23-17)15-5-4-8-20-15)21-14-7-6-13(11-14)19(26)24-9-2-1-3-10-24/h12-15,20H,1-11H2,(H,21,25)(H,22,23)/t13-,14+,15?/m0/s1. The molecule has 0 aromatic carbocycles. The van der Waals surface area contributed by atoms with Crippen molar-refractivity contribution in [3.63, 3.8) is 0 Å². The molecule has 7 nitrogen and oxygen atoms in total. The molecule has 2 amide bonds. The van der Waals surface area contributed by atoms with Gasteiger partial charge in [0, 0.05) is 31.1 Å². The lowest BCUT2D eigenvalue weighted by Gasteiger charge is -2.29. The van der Waals surface area contributed by atoms with Crippen LogP contribution in [0.1, 0.15) is 73.6 Å². The Morgan fingerprint density at radius 3 is 2.73 bits per heavy atom. The Bertz CT molecular complexity index is 646. The highest BCUT2D eigenvalue weighted by Crippen LogP contribution is 2.29. The number of nitrogens with zero attached hydrogens (tertiary/aromatic N) is 2. The fourth-order valence-corrected chi connectivity index (χ4v) is 4.55. The van der Waals surface area contributed by atoms with Crippen LogP contribution in [0.5, 0.6) is 0 Å². The number of aromatic nitrogens is 2. The molecule has 4 rings (SSSR count). The summed E-state index contributed by atoms with van der Waals surface area (Å²) in [5.74, 6) is 0.216. The summed E-state index contributed by atoms with van der Waals surface area (Å²) in [6.45, 7) is 2.81. The third-order valence-electron chi connectivity index (χ3n) is 6.05. The molecule has 1 saturated carbocycles. The summed E-state index contributed by atoms with van der Waals surface area (Å²) in [5, 5.41) is 13.6. The number of hydrogen-bond acceptors (Lipinski definition) is 4. The summed E-state index contributed by atoms with van der Waals surface area (Å²) in [7, 11) is 0. The Kier molecular flexibility index (Phi) is 5.24. The molecular formula is C19H29N5O2. The summed E-state index contributed by atoms with van der Waals surface area (Å²) < 4.78 is 0. The monoisotopic (exact) mass is 359 g/mol. The average molecular weight is 359 g/mol. The van der Waals surface area contributed by atoms with Crippen molar-refractivity contribution in [3.8, 4) is 0 Å². The van der Waals surface area contributed by atoms with Crippen molar-refractivity contribution < 1.29 is 9.59 Å². The van der Waals surface area contributed by atoms with Gasteiger partial charge in [0.1, 0.15) is 5.69 Å². The number of piperidine rings is 1. The zero-order valence-corrected chi connectivity index (χ0v) is 15.3. The van der Waals surface area contributed by atoms with Crippen molar-refractivity contribution >= 4 is 11.8 Å². The fraction of sp³-hybridized carbons (Fsp3) is 0.737. The zero-order valence-electron chi connectivity index (χ0n) is 15.3. The molecule has 3 N–H and O–H groups in total. The lowest BCUT2D eigenvalue weighted by atomic mass is 10.0. The maximum Gasteiger partial charge on any atom is 0.271 e. The minimum absolute atomic E-state index is 0.0656. The molecular weight excluding hydrogens is 330 g/mol. The first kappa shape index (κ1) is 17.5. The molecule has 7 heteroatoms. The molecule has 2 saturated heterocycles. The third kappa shape index (κ3) is 3.77. The average Bonchev–Trinajstić information content (AvgIpc) is 3.41. The van der Waals surface area contributed by atoms with Gasteiger partial charge in [-0.05, 0) is 64.0 Å². The summed E-state index contributed by atoms with van der Waals surface area (Å²) in [6, 6.07) is 2.21. The molecule has 26 heavy (non-hydrogen) atoms. The summed E-state index contributed by atoms with van der Waals surface area (Å²) in [6.07, 6.45) is 8.20. The van der Waals surface area contributed by atoms with E-state index in [4.69, 9.17) is 0 Å². The Balaban J connectivity index is 1.29. The van der Waals surface area contributed by atoms with Gasteiger partial charge < -0.3 is 15.5 Å². The van der Waals surface area contributed by atoms with Crippen LogP contribution in [0.25, 0.3) is 0 Å². The molecule has 2 aliphatic heterocycles. The fourth-order valence-electron chi connectivity index (χ4n) is 4.55. The van der Waals surface area contributed by atoms with Gasteiger partial charge in [0.2, 0.25) is 5.91 Å². The van der Waals surface area contributed by atoms with E-state index < -0.39 is 0 Å². The molecule has 1 aromatic rings. The van der Waals surface area contributed by atoms with Crippen molar-refractivity contribution in [3.05, 3.63) is 17.5 Å². The first-order valence-electron chi connectivity index (χ1n) is 10.1. The van der Waals surface area contributed by atoms with Gasteiger partial charge in [0.25, 0.3) is 5.91 Å². The molecule has 0 spiro atoms. The molecule has 1 unspecified atom stereocenters. The first-order chi connectivity index (χ1) is 12.7. The number of carbonyl (C=O) groups is 2. The van der Waals surface area contributed by atoms with E-state index in [1.807, 2.05) is 11.0 Å². The molecule has 3 fully saturated rings. The van der Waals surface area contributed by atoms with E-state index >= 15 is 0 Å². The largest absolute Gasteiger partial charge is 0.348 e. The zero-order chi connectivity index (χ0) is 17.9. The van der Waals surface area contributed by atoms with Crippen molar-refractivity contribution in [1.82, 2.24) is 25.7 Å². The number of H-pyrrole nitrogens is 1. The van der Waals surface area contributed by atoms with Crippen LogP contribution < -0.4 is 10.6 Å². The van der Waals surface area contributed by atoms with E-state index in [1.165, 1.54) is 6.42 Å². The van der Waals surface area contributed by atoms with Gasteiger partial charge in [-0.1, -0.05) is 0 Å². The molecule has 3 atom stereocenters. The predicted octanol–water partition coefficient (Wildman–Crippen LogP) is 1.75. The second-order valence-electron chi connectivity index (χ2n) is 7.92. The van der Waals surface area contributed by atoms with Crippen LogP contribution in [-0.2, 0) is 4.79 Å². The van der Waals surface area contributed by atoms with Gasteiger partial charge in [0.05, 0.1) is 5.69 Å². The second-order valence-corrected chi connectivity index (χ2v) is 7.92. The first-order valence-corrected chi connectivity index (χ1v) is 10.1. The predicted molar refractivity (Wildman–Crippen MR) is 97.6 cm³/mol. The molecule has 1 aromatic heterocycles. The van der Waals surface area contributed by atoms with Crippen LogP contribution in [0.4, 0.5) is 0 Å². The molecule has 1 aliphatic carbocycles. The molecule has 3 heterocycles. The Hall–Kier alpha value is -1.89. The van der Waals surface area contributed by atoms with E-state index in [1.54, 1.807) is 0 Å². The summed E-state index contributed by atoms with van der Waals surface area (Å²) in [4.78, 5) is 27.2. The quantitative estimate of drug-likeness (QED) is 0.764. The number of hydrogen-bond donors (Lipinski definition) is 3. The number of likely N-dealkylation sites (tertiary alicyclic amines) is 1. The highest BCUT2D eigenvalue weighted by Gasteiger charge is 2.34. The van der Waals surface area contributed by atoms with E-state index in [0.29, 0.717) is 5.69 Å². The van der Waals surface area contributed by atoms with E-state index in [-0.39, 0.29) is 29.8 Å². The maximum atomic E-state index is 12.6. The summed E-state index contributed by atoms with van der Waals surface area (Å²) >= 11 is 0. The van der Waals surface area contributed by atoms with Gasteiger partial charge in [-0.3, -0.25) is 14.7 Å². The lowest BCUT2D eigenvalue weighted by Crippen LogP contribution is -2.40. The number of aromatic amines is 1. The second kappa shape index (κ2) is 7.78. The van der Waals surface area contributed by atoms with Gasteiger partial charge in [-0.15, -0.1) is 0 Å². The number of nitrogens with one attached hydrogen (secondary N) is 3. The molecule has 142 valence electrons. The van der Waals surface area contributed by atoms with Gasteiger partial charge in [0.15, 0.2) is 0 Å². The minimum atomic E-state index is -0.137. The topological polar surface area (TPSA) is 90.1 Å². The van der Waals surface area contributed by atoms with Crippen LogP contribution in [-0.4, -0.2) is 52.6 Å². The SMILES string of the molecule is O=C(N[C@@H]1CC[C@H](C(=O)N2CCCCC2)C1)c1cc(C2CCCN2)[nH]n1. The molecule has 3 aliphatic rings.